The molecule has 2 rings (SSSR count). The molecule has 0 aliphatic rings. The van der Waals surface area contributed by atoms with Crippen LogP contribution in [-0.4, -0.2) is 30.1 Å². The van der Waals surface area contributed by atoms with Crippen molar-refractivity contribution < 1.29 is 14.7 Å². The molecule has 1 atom stereocenters. The average Bonchev–Trinajstić information content (AvgIpc) is 3.01. The summed E-state index contributed by atoms with van der Waals surface area (Å²) in [5.74, 6) is -1.17. The highest BCUT2D eigenvalue weighted by atomic mass is 32.1. The van der Waals surface area contributed by atoms with Crippen LogP contribution in [0.25, 0.3) is 0 Å². The summed E-state index contributed by atoms with van der Waals surface area (Å²) in [6.45, 7) is 1.70. The van der Waals surface area contributed by atoms with Crippen molar-refractivity contribution in [3.8, 4) is 0 Å². The SMILES string of the molecule is CC(NC(=O)CN(CC(=O)O)c1ccccc1)c1cccs1. The van der Waals surface area contributed by atoms with E-state index in [4.69, 9.17) is 5.11 Å². The zero-order valence-electron chi connectivity index (χ0n) is 12.2. The summed E-state index contributed by atoms with van der Waals surface area (Å²) in [4.78, 5) is 25.8. The largest absolute Gasteiger partial charge is 0.480 e. The highest BCUT2D eigenvalue weighted by Crippen LogP contribution is 2.18. The van der Waals surface area contributed by atoms with E-state index in [0.29, 0.717) is 5.69 Å². The molecule has 116 valence electrons. The van der Waals surface area contributed by atoms with Gasteiger partial charge in [0.25, 0.3) is 0 Å². The lowest BCUT2D eigenvalue weighted by Crippen LogP contribution is -2.40. The van der Waals surface area contributed by atoms with Gasteiger partial charge in [0.05, 0.1) is 12.6 Å². The van der Waals surface area contributed by atoms with Gasteiger partial charge in [0.15, 0.2) is 0 Å². The van der Waals surface area contributed by atoms with E-state index < -0.39 is 5.97 Å². The maximum atomic E-state index is 12.2. The van der Waals surface area contributed by atoms with Crippen LogP contribution in [0.4, 0.5) is 5.69 Å². The lowest BCUT2D eigenvalue weighted by molar-refractivity contribution is -0.135. The summed E-state index contributed by atoms with van der Waals surface area (Å²) in [5, 5.41) is 13.9. The van der Waals surface area contributed by atoms with Crippen LogP contribution in [0.3, 0.4) is 0 Å². The van der Waals surface area contributed by atoms with Crippen LogP contribution in [0, 0.1) is 0 Å². The fourth-order valence-electron chi connectivity index (χ4n) is 2.11. The first kappa shape index (κ1) is 16.0. The van der Waals surface area contributed by atoms with Gasteiger partial charge in [0.1, 0.15) is 6.54 Å². The molecule has 0 aliphatic carbocycles. The molecule has 0 saturated carbocycles. The third kappa shape index (κ3) is 4.60. The van der Waals surface area contributed by atoms with E-state index in [1.807, 2.05) is 42.6 Å². The number of rotatable bonds is 7. The Kier molecular flexibility index (Phi) is 5.55. The molecule has 0 saturated heterocycles. The van der Waals surface area contributed by atoms with Gasteiger partial charge in [0.2, 0.25) is 5.91 Å². The monoisotopic (exact) mass is 318 g/mol. The van der Waals surface area contributed by atoms with Crippen molar-refractivity contribution in [2.75, 3.05) is 18.0 Å². The van der Waals surface area contributed by atoms with Crippen molar-refractivity contribution in [3.05, 3.63) is 52.7 Å². The smallest absolute Gasteiger partial charge is 0.323 e. The maximum Gasteiger partial charge on any atom is 0.323 e. The van der Waals surface area contributed by atoms with Crippen molar-refractivity contribution in [2.45, 2.75) is 13.0 Å². The first-order valence-corrected chi connectivity index (χ1v) is 7.79. The zero-order chi connectivity index (χ0) is 15.9. The quantitative estimate of drug-likeness (QED) is 0.823. The van der Waals surface area contributed by atoms with Crippen LogP contribution in [0.1, 0.15) is 17.8 Å². The molecule has 1 aromatic carbocycles. The van der Waals surface area contributed by atoms with Gasteiger partial charge in [-0.05, 0) is 30.5 Å². The van der Waals surface area contributed by atoms with E-state index in [2.05, 4.69) is 5.32 Å². The van der Waals surface area contributed by atoms with Crippen molar-refractivity contribution in [3.63, 3.8) is 0 Å². The molecule has 0 fully saturated rings. The Morgan fingerprint density at radius 2 is 1.91 bits per heavy atom. The van der Waals surface area contributed by atoms with E-state index in [1.165, 1.54) is 0 Å². The number of thiophene rings is 1. The molecular weight excluding hydrogens is 300 g/mol. The van der Waals surface area contributed by atoms with Gasteiger partial charge in [-0.3, -0.25) is 9.59 Å². The fraction of sp³-hybridized carbons (Fsp3) is 0.250. The Morgan fingerprint density at radius 3 is 2.50 bits per heavy atom. The van der Waals surface area contributed by atoms with Crippen LogP contribution in [0.2, 0.25) is 0 Å². The van der Waals surface area contributed by atoms with Crippen molar-refractivity contribution in [1.82, 2.24) is 5.32 Å². The van der Waals surface area contributed by atoms with E-state index in [1.54, 1.807) is 28.4 Å². The summed E-state index contributed by atoms with van der Waals surface area (Å²) in [6.07, 6.45) is 0. The average molecular weight is 318 g/mol. The first-order valence-electron chi connectivity index (χ1n) is 6.91. The zero-order valence-corrected chi connectivity index (χ0v) is 13.0. The molecule has 2 N–H and O–H groups in total. The number of aliphatic carboxylic acids is 1. The normalized spacial score (nSPS) is 11.7. The second-order valence-electron chi connectivity index (χ2n) is 4.89. The van der Waals surface area contributed by atoms with Gasteiger partial charge in [-0.15, -0.1) is 11.3 Å². The number of hydrogen-bond donors (Lipinski definition) is 2. The van der Waals surface area contributed by atoms with Crippen LogP contribution in [-0.2, 0) is 9.59 Å². The minimum Gasteiger partial charge on any atom is -0.480 e. The molecule has 2 aromatic rings. The molecule has 0 bridgehead atoms. The number of hydrogen-bond acceptors (Lipinski definition) is 4. The number of nitrogens with one attached hydrogen (secondary N) is 1. The summed E-state index contributed by atoms with van der Waals surface area (Å²) in [6, 6.07) is 12.9. The topological polar surface area (TPSA) is 69.6 Å². The maximum absolute atomic E-state index is 12.2. The van der Waals surface area contributed by atoms with Gasteiger partial charge < -0.3 is 15.3 Å². The Hall–Kier alpha value is -2.34. The number of amides is 1. The molecule has 1 amide bonds. The summed E-state index contributed by atoms with van der Waals surface area (Å²) >= 11 is 1.58. The van der Waals surface area contributed by atoms with Gasteiger partial charge in [-0.25, -0.2) is 0 Å². The highest BCUT2D eigenvalue weighted by Gasteiger charge is 2.16. The number of anilines is 1. The summed E-state index contributed by atoms with van der Waals surface area (Å²) < 4.78 is 0. The number of nitrogens with zero attached hydrogens (tertiary/aromatic N) is 1. The van der Waals surface area contributed by atoms with Gasteiger partial charge in [0, 0.05) is 10.6 Å². The number of carbonyl (C=O) groups is 2. The summed E-state index contributed by atoms with van der Waals surface area (Å²) in [7, 11) is 0. The molecule has 0 spiro atoms. The molecule has 22 heavy (non-hydrogen) atoms. The number of carboxylic acid groups (broad SMARTS) is 1. The molecular formula is C16H18N2O3S. The lowest BCUT2D eigenvalue weighted by atomic mass is 10.2. The van der Waals surface area contributed by atoms with Crippen molar-refractivity contribution in [1.29, 1.82) is 0 Å². The highest BCUT2D eigenvalue weighted by molar-refractivity contribution is 7.10. The third-order valence-electron chi connectivity index (χ3n) is 3.13. The Bertz CT molecular complexity index is 614. The Balaban J connectivity index is 2.00. The molecule has 6 heteroatoms. The molecule has 1 unspecified atom stereocenters. The molecule has 0 radical (unpaired) electrons. The predicted octanol–water partition coefficient (Wildman–Crippen LogP) is 2.52. The Labute approximate surface area is 133 Å². The first-order chi connectivity index (χ1) is 10.6. The number of para-hydroxylation sites is 1. The number of benzene rings is 1. The predicted molar refractivity (Wildman–Crippen MR) is 87.2 cm³/mol. The standard InChI is InChI=1S/C16H18N2O3S/c1-12(14-8-5-9-22-14)17-15(19)10-18(11-16(20)21)13-6-3-2-4-7-13/h2-9,12H,10-11H2,1H3,(H,17,19)(H,20,21). The van der Waals surface area contributed by atoms with Crippen LogP contribution in [0.5, 0.6) is 0 Å². The lowest BCUT2D eigenvalue weighted by Gasteiger charge is -2.23. The minimum atomic E-state index is -0.969. The molecule has 1 aromatic heterocycles. The molecule has 1 heterocycles. The van der Waals surface area contributed by atoms with E-state index in [0.717, 1.165) is 4.88 Å². The van der Waals surface area contributed by atoms with E-state index >= 15 is 0 Å². The Morgan fingerprint density at radius 1 is 1.18 bits per heavy atom. The minimum absolute atomic E-state index is 0.00598. The van der Waals surface area contributed by atoms with Crippen molar-refractivity contribution in [2.24, 2.45) is 0 Å². The summed E-state index contributed by atoms with van der Waals surface area (Å²) in [5.41, 5.74) is 0.712. The molecule has 0 aliphatic heterocycles. The molecule has 5 nitrogen and oxygen atoms in total. The second kappa shape index (κ2) is 7.61. The second-order valence-corrected chi connectivity index (χ2v) is 5.87. The van der Waals surface area contributed by atoms with Gasteiger partial charge in [-0.1, -0.05) is 24.3 Å². The van der Waals surface area contributed by atoms with Crippen LogP contribution < -0.4 is 10.2 Å². The number of carbonyl (C=O) groups excluding carboxylic acids is 1. The van der Waals surface area contributed by atoms with E-state index in [-0.39, 0.29) is 25.0 Å². The van der Waals surface area contributed by atoms with Crippen molar-refractivity contribution >= 4 is 28.9 Å². The number of carboxylic acids is 1. The van der Waals surface area contributed by atoms with E-state index in [9.17, 15) is 9.59 Å². The third-order valence-corrected chi connectivity index (χ3v) is 4.18. The van der Waals surface area contributed by atoms with Crippen LogP contribution >= 0.6 is 11.3 Å². The van der Waals surface area contributed by atoms with Gasteiger partial charge >= 0.3 is 5.97 Å². The van der Waals surface area contributed by atoms with Gasteiger partial charge in [-0.2, -0.15) is 0 Å². The fourth-order valence-corrected chi connectivity index (χ4v) is 2.84. The van der Waals surface area contributed by atoms with Crippen LogP contribution in [0.15, 0.2) is 47.8 Å².